The Hall–Kier alpha value is -4.11. The Bertz CT molecular complexity index is 1450. The molecular weight excluding hydrogens is 466 g/mol. The van der Waals surface area contributed by atoms with Crippen molar-refractivity contribution >= 4 is 11.1 Å². The SMILES string of the molecule is COc1ccc(-c2c(-c3ccccc3)oc3ncnc(C[C@H]4CCCN(CCc5nnn[nH]5)C4)c23)cc1. The zero-order valence-corrected chi connectivity index (χ0v) is 20.8. The van der Waals surface area contributed by atoms with Gasteiger partial charge in [0.25, 0.3) is 0 Å². The zero-order chi connectivity index (χ0) is 25.0. The number of methoxy groups -OCH3 is 1. The fourth-order valence-corrected chi connectivity index (χ4v) is 5.32. The van der Waals surface area contributed by atoms with Gasteiger partial charge < -0.3 is 14.1 Å². The first-order valence-electron chi connectivity index (χ1n) is 12.7. The minimum Gasteiger partial charge on any atom is -0.497 e. The second kappa shape index (κ2) is 10.5. The first-order valence-corrected chi connectivity index (χ1v) is 12.7. The van der Waals surface area contributed by atoms with Crippen LogP contribution in [0.5, 0.6) is 5.75 Å². The van der Waals surface area contributed by atoms with Crippen LogP contribution in [0, 0.1) is 5.92 Å². The molecule has 1 N–H and O–H groups in total. The Morgan fingerprint density at radius 1 is 1.05 bits per heavy atom. The quantitative estimate of drug-likeness (QED) is 0.334. The van der Waals surface area contributed by atoms with Crippen LogP contribution in [0.4, 0.5) is 0 Å². The first-order chi connectivity index (χ1) is 18.3. The summed E-state index contributed by atoms with van der Waals surface area (Å²) in [5, 5.41) is 15.2. The lowest BCUT2D eigenvalue weighted by Crippen LogP contribution is -2.37. The van der Waals surface area contributed by atoms with Crippen LogP contribution < -0.4 is 4.74 Å². The van der Waals surface area contributed by atoms with E-state index in [1.165, 1.54) is 12.8 Å². The third-order valence-corrected chi connectivity index (χ3v) is 7.12. The van der Waals surface area contributed by atoms with Gasteiger partial charge in [0.15, 0.2) is 0 Å². The van der Waals surface area contributed by atoms with Crippen LogP contribution in [-0.2, 0) is 12.8 Å². The predicted molar refractivity (Wildman–Crippen MR) is 140 cm³/mol. The number of likely N-dealkylation sites (tertiary alicyclic amines) is 1. The molecule has 0 spiro atoms. The molecule has 1 fully saturated rings. The molecule has 188 valence electrons. The molecule has 9 heteroatoms. The van der Waals surface area contributed by atoms with E-state index in [1.54, 1.807) is 13.4 Å². The number of furan rings is 1. The molecule has 0 radical (unpaired) electrons. The third kappa shape index (κ3) is 4.95. The lowest BCUT2D eigenvalue weighted by molar-refractivity contribution is 0.175. The van der Waals surface area contributed by atoms with Crippen LogP contribution in [-0.4, -0.2) is 62.2 Å². The van der Waals surface area contributed by atoms with Crippen LogP contribution in [0.15, 0.2) is 65.3 Å². The van der Waals surface area contributed by atoms with E-state index in [2.05, 4.69) is 54.8 Å². The second-order valence-corrected chi connectivity index (χ2v) is 9.51. The van der Waals surface area contributed by atoms with Crippen molar-refractivity contribution in [2.45, 2.75) is 25.7 Å². The van der Waals surface area contributed by atoms with Gasteiger partial charge in [-0.05, 0) is 59.8 Å². The average Bonchev–Trinajstić information content (AvgIpc) is 3.61. The molecule has 9 nitrogen and oxygen atoms in total. The van der Waals surface area contributed by atoms with Gasteiger partial charge in [-0.15, -0.1) is 5.10 Å². The summed E-state index contributed by atoms with van der Waals surface area (Å²) in [6, 6.07) is 18.3. The number of hydrogen-bond acceptors (Lipinski definition) is 8. The molecule has 0 aliphatic carbocycles. The van der Waals surface area contributed by atoms with Crippen LogP contribution >= 0.6 is 0 Å². The lowest BCUT2D eigenvalue weighted by atomic mass is 9.90. The molecule has 1 saturated heterocycles. The molecule has 3 aromatic heterocycles. The summed E-state index contributed by atoms with van der Waals surface area (Å²) in [7, 11) is 1.68. The standard InChI is InChI=1S/C28H29N7O2/c1-36-22-11-9-20(10-12-22)25-26-23(29-18-30-28(26)37-27(25)21-7-3-2-4-8-21)16-19-6-5-14-35(17-19)15-13-24-31-33-34-32-24/h2-4,7-12,18-19H,5-6,13-17H2,1H3,(H,31,32,33,34)/t19-/m1/s1. The van der Waals surface area contributed by atoms with Gasteiger partial charge >= 0.3 is 0 Å². The van der Waals surface area contributed by atoms with Crippen LogP contribution in [0.1, 0.15) is 24.4 Å². The van der Waals surface area contributed by atoms with Crippen molar-refractivity contribution in [1.82, 2.24) is 35.5 Å². The number of aromatic nitrogens is 6. The summed E-state index contributed by atoms with van der Waals surface area (Å²) >= 11 is 0. The van der Waals surface area contributed by atoms with Crippen molar-refractivity contribution < 1.29 is 9.15 Å². The highest BCUT2D eigenvalue weighted by atomic mass is 16.5. The number of piperidine rings is 1. The summed E-state index contributed by atoms with van der Waals surface area (Å²) in [5.74, 6) is 2.96. The minimum atomic E-state index is 0.499. The number of aromatic amines is 1. The normalized spacial score (nSPS) is 16.3. The number of tetrazole rings is 1. The van der Waals surface area contributed by atoms with E-state index in [1.807, 2.05) is 30.3 Å². The van der Waals surface area contributed by atoms with Crippen LogP contribution in [0.2, 0.25) is 0 Å². The molecule has 1 aliphatic heterocycles. The highest BCUT2D eigenvalue weighted by Gasteiger charge is 2.26. The summed E-state index contributed by atoms with van der Waals surface area (Å²) in [5.41, 5.74) is 4.77. The molecule has 37 heavy (non-hydrogen) atoms. The number of H-pyrrole nitrogens is 1. The number of ether oxygens (including phenoxy) is 1. The van der Waals surface area contributed by atoms with Gasteiger partial charge in [0.05, 0.1) is 18.2 Å². The van der Waals surface area contributed by atoms with Crippen molar-refractivity contribution in [3.05, 3.63) is 72.4 Å². The third-order valence-electron chi connectivity index (χ3n) is 7.12. The molecule has 2 aromatic carbocycles. The maximum atomic E-state index is 6.41. The molecule has 0 unspecified atom stereocenters. The van der Waals surface area contributed by atoms with Gasteiger partial charge in [0, 0.05) is 30.6 Å². The maximum absolute atomic E-state index is 6.41. The first kappa shape index (κ1) is 23.3. The van der Waals surface area contributed by atoms with Gasteiger partial charge in [-0.1, -0.05) is 42.5 Å². The Morgan fingerprint density at radius 2 is 1.92 bits per heavy atom. The monoisotopic (exact) mass is 495 g/mol. The molecule has 6 rings (SSSR count). The van der Waals surface area contributed by atoms with Gasteiger partial charge in [-0.25, -0.2) is 15.1 Å². The smallest absolute Gasteiger partial charge is 0.230 e. The second-order valence-electron chi connectivity index (χ2n) is 9.51. The number of rotatable bonds is 8. The topological polar surface area (TPSA) is 106 Å². The summed E-state index contributed by atoms with van der Waals surface area (Å²) in [6.07, 6.45) is 5.66. The predicted octanol–water partition coefficient (Wildman–Crippen LogP) is 4.58. The van der Waals surface area contributed by atoms with E-state index >= 15 is 0 Å². The molecule has 1 atom stereocenters. The van der Waals surface area contributed by atoms with Crippen molar-refractivity contribution in [2.24, 2.45) is 5.92 Å². The van der Waals surface area contributed by atoms with E-state index in [4.69, 9.17) is 14.1 Å². The lowest BCUT2D eigenvalue weighted by Gasteiger charge is -2.32. The van der Waals surface area contributed by atoms with Gasteiger partial charge in [-0.2, -0.15) is 0 Å². The summed E-state index contributed by atoms with van der Waals surface area (Å²) in [4.78, 5) is 11.8. The average molecular weight is 496 g/mol. The Kier molecular flexibility index (Phi) is 6.60. The Morgan fingerprint density at radius 3 is 2.70 bits per heavy atom. The van der Waals surface area contributed by atoms with E-state index in [-0.39, 0.29) is 0 Å². The molecule has 4 heterocycles. The van der Waals surface area contributed by atoms with Crippen LogP contribution in [0.3, 0.4) is 0 Å². The molecule has 0 amide bonds. The molecule has 0 bridgehead atoms. The number of benzene rings is 2. The van der Waals surface area contributed by atoms with Gasteiger partial charge in [-0.3, -0.25) is 0 Å². The summed E-state index contributed by atoms with van der Waals surface area (Å²) in [6.45, 7) is 3.06. The van der Waals surface area contributed by atoms with E-state index in [0.717, 1.165) is 77.6 Å². The van der Waals surface area contributed by atoms with E-state index in [9.17, 15) is 0 Å². The van der Waals surface area contributed by atoms with Crippen molar-refractivity contribution in [1.29, 1.82) is 0 Å². The van der Waals surface area contributed by atoms with Crippen molar-refractivity contribution in [2.75, 3.05) is 26.7 Å². The van der Waals surface area contributed by atoms with Crippen LogP contribution in [0.25, 0.3) is 33.6 Å². The number of nitrogens with one attached hydrogen (secondary N) is 1. The molecule has 0 saturated carbocycles. The van der Waals surface area contributed by atoms with E-state index < -0.39 is 0 Å². The molecular formula is C28H29N7O2. The minimum absolute atomic E-state index is 0.499. The number of nitrogens with zero attached hydrogens (tertiary/aromatic N) is 6. The van der Waals surface area contributed by atoms with Crippen molar-refractivity contribution in [3.63, 3.8) is 0 Å². The fourth-order valence-electron chi connectivity index (χ4n) is 5.32. The maximum Gasteiger partial charge on any atom is 0.230 e. The van der Waals surface area contributed by atoms with Crippen molar-refractivity contribution in [3.8, 4) is 28.2 Å². The van der Waals surface area contributed by atoms with Gasteiger partial charge in [0.1, 0.15) is 23.7 Å². The fraction of sp³-hybridized carbons (Fsp3) is 0.321. The molecule has 5 aromatic rings. The Balaban J connectivity index is 1.34. The number of hydrogen-bond donors (Lipinski definition) is 1. The Labute approximate surface area is 214 Å². The largest absolute Gasteiger partial charge is 0.497 e. The highest BCUT2D eigenvalue weighted by Crippen LogP contribution is 2.42. The number of fused-ring (bicyclic) bond motifs is 1. The summed E-state index contributed by atoms with van der Waals surface area (Å²) < 4.78 is 11.8. The van der Waals surface area contributed by atoms with E-state index in [0.29, 0.717) is 11.6 Å². The van der Waals surface area contributed by atoms with Gasteiger partial charge in [0.2, 0.25) is 5.71 Å². The highest BCUT2D eigenvalue weighted by molar-refractivity contribution is 6.01. The molecule has 1 aliphatic rings. The zero-order valence-electron chi connectivity index (χ0n) is 20.8.